The summed E-state index contributed by atoms with van der Waals surface area (Å²) in [6.45, 7) is 3.71. The number of nitrogens with zero attached hydrogens (tertiary/aromatic N) is 2. The lowest BCUT2D eigenvalue weighted by molar-refractivity contribution is 0.0955. The van der Waals surface area contributed by atoms with E-state index in [9.17, 15) is 13.2 Å². The van der Waals surface area contributed by atoms with E-state index >= 15 is 0 Å². The Morgan fingerprint density at radius 3 is 2.07 bits per heavy atom. The normalized spacial score (nSPS) is 11.8. The Kier molecular flexibility index (Phi) is 6.32. The number of rotatable bonds is 6. The molecule has 0 saturated heterocycles. The van der Waals surface area contributed by atoms with Gasteiger partial charge in [-0.3, -0.25) is 9.10 Å². The Bertz CT molecular complexity index is 1150. The van der Waals surface area contributed by atoms with Crippen LogP contribution in [-0.2, 0) is 10.0 Å². The van der Waals surface area contributed by atoms with Crippen molar-refractivity contribution in [2.45, 2.75) is 18.7 Å². The summed E-state index contributed by atoms with van der Waals surface area (Å²) in [7, 11) is -2.20. The number of nitrogens with one attached hydrogen (secondary N) is 1. The van der Waals surface area contributed by atoms with E-state index in [1.807, 2.05) is 44.2 Å². The predicted molar refractivity (Wildman–Crippen MR) is 119 cm³/mol. The molecular formula is C23H23N3O3S. The van der Waals surface area contributed by atoms with Crippen molar-refractivity contribution in [3.8, 4) is 0 Å². The highest BCUT2D eigenvalue weighted by Gasteiger charge is 2.21. The fraction of sp³-hybridized carbons (Fsp3) is 0.130. The average Bonchev–Trinajstić information content (AvgIpc) is 2.77. The molecule has 154 valence electrons. The lowest BCUT2D eigenvalue weighted by atomic mass is 10.1. The van der Waals surface area contributed by atoms with Crippen LogP contribution in [0.25, 0.3) is 0 Å². The molecule has 1 amide bonds. The maximum atomic E-state index is 12.8. The van der Waals surface area contributed by atoms with Gasteiger partial charge in [-0.25, -0.2) is 13.8 Å². The quantitative estimate of drug-likeness (QED) is 0.483. The number of benzene rings is 3. The van der Waals surface area contributed by atoms with Crippen LogP contribution in [0.4, 0.5) is 5.69 Å². The van der Waals surface area contributed by atoms with Gasteiger partial charge in [-0.2, -0.15) is 5.10 Å². The number of carbonyl (C=O) groups excluding carboxylic acids is 1. The number of hydrogen-bond donors (Lipinski definition) is 1. The fourth-order valence-electron chi connectivity index (χ4n) is 2.77. The Morgan fingerprint density at radius 2 is 1.47 bits per heavy atom. The summed E-state index contributed by atoms with van der Waals surface area (Å²) in [6.07, 6.45) is 0. The zero-order chi connectivity index (χ0) is 21.7. The van der Waals surface area contributed by atoms with E-state index < -0.39 is 10.0 Å². The summed E-state index contributed by atoms with van der Waals surface area (Å²) < 4.78 is 26.8. The average molecular weight is 422 g/mol. The molecule has 3 aromatic rings. The first-order chi connectivity index (χ1) is 14.3. The van der Waals surface area contributed by atoms with Crippen LogP contribution in [0.15, 0.2) is 88.9 Å². The van der Waals surface area contributed by atoms with E-state index in [4.69, 9.17) is 0 Å². The van der Waals surface area contributed by atoms with Crippen molar-refractivity contribution >= 4 is 27.3 Å². The summed E-state index contributed by atoms with van der Waals surface area (Å²) in [4.78, 5) is 12.6. The minimum absolute atomic E-state index is 0.211. The lowest BCUT2D eigenvalue weighted by Gasteiger charge is -2.19. The standard InChI is InChI=1S/C23H23N3O3S/c1-17-9-15-22(16-10-17)30(28,29)26(3)21-13-11-20(12-14-21)23(27)25-24-18(2)19-7-5-4-6-8-19/h4-16H,1-3H3,(H,25,27)/b24-18-. The minimum Gasteiger partial charge on any atom is -0.269 e. The Labute approximate surface area is 176 Å². The molecule has 0 radical (unpaired) electrons. The summed E-state index contributed by atoms with van der Waals surface area (Å²) in [6, 6.07) is 22.5. The molecule has 0 bridgehead atoms. The maximum absolute atomic E-state index is 12.8. The smallest absolute Gasteiger partial charge is 0.269 e. The van der Waals surface area contributed by atoms with Gasteiger partial charge in [-0.05, 0) is 55.8 Å². The summed E-state index contributed by atoms with van der Waals surface area (Å²) in [5, 5.41) is 4.13. The van der Waals surface area contributed by atoms with Crippen LogP contribution in [0.1, 0.15) is 28.4 Å². The summed E-state index contributed by atoms with van der Waals surface area (Å²) >= 11 is 0. The highest BCUT2D eigenvalue weighted by atomic mass is 32.2. The van der Waals surface area contributed by atoms with E-state index in [-0.39, 0.29) is 10.8 Å². The van der Waals surface area contributed by atoms with Crippen LogP contribution in [0.5, 0.6) is 0 Å². The van der Waals surface area contributed by atoms with Crippen molar-refractivity contribution in [2.75, 3.05) is 11.4 Å². The molecule has 0 aromatic heterocycles. The number of sulfonamides is 1. The minimum atomic E-state index is -3.68. The number of aryl methyl sites for hydroxylation is 1. The molecule has 0 spiro atoms. The van der Waals surface area contributed by atoms with Gasteiger partial charge in [0.05, 0.1) is 16.3 Å². The first kappa shape index (κ1) is 21.3. The third-order valence-corrected chi connectivity index (χ3v) is 6.49. The van der Waals surface area contributed by atoms with E-state index in [1.165, 1.54) is 11.4 Å². The highest BCUT2D eigenvalue weighted by Crippen LogP contribution is 2.22. The SMILES string of the molecule is C/C(=N/NC(=O)c1ccc(N(C)S(=O)(=O)c2ccc(C)cc2)cc1)c1ccccc1. The van der Waals surface area contributed by atoms with E-state index in [1.54, 1.807) is 48.5 Å². The van der Waals surface area contributed by atoms with Crippen LogP contribution in [0, 0.1) is 6.92 Å². The molecule has 0 fully saturated rings. The number of amides is 1. The van der Waals surface area contributed by atoms with Crippen molar-refractivity contribution in [1.29, 1.82) is 0 Å². The van der Waals surface area contributed by atoms with E-state index in [2.05, 4.69) is 10.5 Å². The Balaban J connectivity index is 1.72. The molecule has 6 nitrogen and oxygen atoms in total. The van der Waals surface area contributed by atoms with Crippen molar-refractivity contribution in [1.82, 2.24) is 5.43 Å². The van der Waals surface area contributed by atoms with Crippen LogP contribution in [0.3, 0.4) is 0 Å². The molecular weight excluding hydrogens is 398 g/mol. The first-order valence-corrected chi connectivity index (χ1v) is 10.8. The monoisotopic (exact) mass is 421 g/mol. The molecule has 1 N–H and O–H groups in total. The zero-order valence-corrected chi connectivity index (χ0v) is 17.8. The number of hydrazone groups is 1. The van der Waals surface area contributed by atoms with Gasteiger partial charge in [0.15, 0.2) is 0 Å². The van der Waals surface area contributed by atoms with Gasteiger partial charge in [0.2, 0.25) is 0 Å². The zero-order valence-electron chi connectivity index (χ0n) is 17.0. The third-order valence-electron chi connectivity index (χ3n) is 4.69. The van der Waals surface area contributed by atoms with Crippen molar-refractivity contribution in [2.24, 2.45) is 5.10 Å². The highest BCUT2D eigenvalue weighted by molar-refractivity contribution is 7.92. The Hall–Kier alpha value is -3.45. The van der Waals surface area contributed by atoms with Gasteiger partial charge >= 0.3 is 0 Å². The molecule has 0 heterocycles. The second-order valence-electron chi connectivity index (χ2n) is 6.84. The first-order valence-electron chi connectivity index (χ1n) is 9.35. The molecule has 7 heteroatoms. The second-order valence-corrected chi connectivity index (χ2v) is 8.81. The molecule has 3 aromatic carbocycles. The predicted octanol–water partition coefficient (Wildman–Crippen LogP) is 3.97. The van der Waals surface area contributed by atoms with E-state index in [0.29, 0.717) is 17.0 Å². The molecule has 0 atom stereocenters. The second kappa shape index (κ2) is 8.92. The van der Waals surface area contributed by atoms with Gasteiger partial charge in [-0.15, -0.1) is 0 Å². The summed E-state index contributed by atoms with van der Waals surface area (Å²) in [5.41, 5.74) is 5.94. The van der Waals surface area contributed by atoms with Gasteiger partial charge < -0.3 is 0 Å². The number of anilines is 1. The van der Waals surface area contributed by atoms with Crippen LogP contribution < -0.4 is 9.73 Å². The Morgan fingerprint density at radius 1 is 0.867 bits per heavy atom. The maximum Gasteiger partial charge on any atom is 0.271 e. The van der Waals surface area contributed by atoms with Gasteiger partial charge in [0.1, 0.15) is 0 Å². The molecule has 0 saturated carbocycles. The van der Waals surface area contributed by atoms with Crippen molar-refractivity contribution in [3.05, 3.63) is 95.6 Å². The lowest BCUT2D eigenvalue weighted by Crippen LogP contribution is -2.26. The van der Waals surface area contributed by atoms with Gasteiger partial charge in [0, 0.05) is 12.6 Å². The van der Waals surface area contributed by atoms with Gasteiger partial charge in [0.25, 0.3) is 15.9 Å². The number of carbonyl (C=O) groups is 1. The van der Waals surface area contributed by atoms with Crippen molar-refractivity contribution in [3.63, 3.8) is 0 Å². The molecule has 0 aliphatic rings. The molecule has 30 heavy (non-hydrogen) atoms. The van der Waals surface area contributed by atoms with Gasteiger partial charge in [-0.1, -0.05) is 48.0 Å². The summed E-state index contributed by atoms with van der Waals surface area (Å²) in [5.74, 6) is -0.374. The van der Waals surface area contributed by atoms with Crippen LogP contribution >= 0.6 is 0 Å². The molecule has 0 unspecified atom stereocenters. The van der Waals surface area contributed by atoms with E-state index in [0.717, 1.165) is 11.1 Å². The van der Waals surface area contributed by atoms with Crippen LogP contribution in [-0.4, -0.2) is 27.1 Å². The molecule has 3 rings (SSSR count). The number of hydrogen-bond acceptors (Lipinski definition) is 4. The van der Waals surface area contributed by atoms with Crippen molar-refractivity contribution < 1.29 is 13.2 Å². The molecule has 0 aliphatic heterocycles. The topological polar surface area (TPSA) is 78.8 Å². The molecule has 0 aliphatic carbocycles. The third kappa shape index (κ3) is 4.75. The fourth-order valence-corrected chi connectivity index (χ4v) is 3.97. The van der Waals surface area contributed by atoms with Crippen LogP contribution in [0.2, 0.25) is 0 Å². The largest absolute Gasteiger partial charge is 0.271 e.